The highest BCUT2D eigenvalue weighted by molar-refractivity contribution is 5.68. The number of nitrogens with one attached hydrogen (secondary N) is 1. The SMILES string of the molecule is COCC(CCCN)NCC1(C)CCCN(C(=O)OC(C)(C)C)C1. The van der Waals surface area contributed by atoms with Gasteiger partial charge in [-0.1, -0.05) is 6.92 Å². The van der Waals surface area contributed by atoms with Gasteiger partial charge in [0.1, 0.15) is 5.60 Å². The van der Waals surface area contributed by atoms with Crippen LogP contribution in [0.5, 0.6) is 0 Å². The van der Waals surface area contributed by atoms with Crippen LogP contribution in [0.3, 0.4) is 0 Å². The van der Waals surface area contributed by atoms with Crippen molar-refractivity contribution in [3.63, 3.8) is 0 Å². The Morgan fingerprint density at radius 1 is 1.42 bits per heavy atom. The Hall–Kier alpha value is -0.850. The van der Waals surface area contributed by atoms with Crippen LogP contribution < -0.4 is 11.1 Å². The smallest absolute Gasteiger partial charge is 0.410 e. The van der Waals surface area contributed by atoms with E-state index in [4.69, 9.17) is 15.2 Å². The molecule has 0 aromatic heterocycles. The Morgan fingerprint density at radius 2 is 2.12 bits per heavy atom. The van der Waals surface area contributed by atoms with Crippen LogP contribution in [0.25, 0.3) is 0 Å². The van der Waals surface area contributed by atoms with Crippen LogP contribution in [0.2, 0.25) is 0 Å². The van der Waals surface area contributed by atoms with Gasteiger partial charge < -0.3 is 25.4 Å². The molecule has 0 aromatic carbocycles. The second kappa shape index (κ2) is 9.59. The minimum atomic E-state index is -0.449. The van der Waals surface area contributed by atoms with Crippen LogP contribution in [-0.2, 0) is 9.47 Å². The van der Waals surface area contributed by atoms with E-state index in [0.717, 1.165) is 45.3 Å². The number of carbonyl (C=O) groups is 1. The number of hydrogen-bond donors (Lipinski definition) is 2. The zero-order chi connectivity index (χ0) is 18.2. The summed E-state index contributed by atoms with van der Waals surface area (Å²) in [6.07, 6.45) is 3.91. The monoisotopic (exact) mass is 343 g/mol. The van der Waals surface area contributed by atoms with Gasteiger partial charge in [-0.2, -0.15) is 0 Å². The number of amides is 1. The first kappa shape index (κ1) is 21.2. The van der Waals surface area contributed by atoms with Crippen LogP contribution in [-0.4, -0.2) is 62.5 Å². The quantitative estimate of drug-likeness (QED) is 0.707. The topological polar surface area (TPSA) is 76.8 Å². The van der Waals surface area contributed by atoms with Gasteiger partial charge >= 0.3 is 6.09 Å². The van der Waals surface area contributed by atoms with E-state index in [1.54, 1.807) is 7.11 Å². The van der Waals surface area contributed by atoms with Gasteiger partial charge in [-0.3, -0.25) is 0 Å². The molecule has 0 saturated carbocycles. The molecule has 2 unspecified atom stereocenters. The zero-order valence-corrected chi connectivity index (χ0v) is 16.2. The van der Waals surface area contributed by atoms with E-state index in [9.17, 15) is 4.79 Å². The lowest BCUT2D eigenvalue weighted by molar-refractivity contribution is 0.00600. The molecule has 1 rings (SSSR count). The third kappa shape index (κ3) is 7.81. The Kier molecular flexibility index (Phi) is 8.46. The van der Waals surface area contributed by atoms with Gasteiger partial charge in [-0.05, 0) is 58.4 Å². The van der Waals surface area contributed by atoms with Gasteiger partial charge in [0.2, 0.25) is 0 Å². The Bertz CT molecular complexity index is 384. The van der Waals surface area contributed by atoms with Crippen molar-refractivity contribution in [2.75, 3.05) is 39.9 Å². The largest absolute Gasteiger partial charge is 0.444 e. The molecule has 0 radical (unpaired) electrons. The van der Waals surface area contributed by atoms with Crippen molar-refractivity contribution in [3.8, 4) is 0 Å². The molecule has 1 amide bonds. The average Bonchev–Trinajstić information content (AvgIpc) is 2.48. The minimum Gasteiger partial charge on any atom is -0.444 e. The van der Waals surface area contributed by atoms with E-state index in [2.05, 4.69) is 12.2 Å². The predicted molar refractivity (Wildman–Crippen MR) is 97.1 cm³/mol. The molecule has 1 heterocycles. The summed E-state index contributed by atoms with van der Waals surface area (Å²) in [7, 11) is 1.73. The fourth-order valence-electron chi connectivity index (χ4n) is 3.14. The number of nitrogens with zero attached hydrogens (tertiary/aromatic N) is 1. The molecule has 142 valence electrons. The third-order valence-electron chi connectivity index (χ3n) is 4.37. The highest BCUT2D eigenvalue weighted by Crippen LogP contribution is 2.30. The number of likely N-dealkylation sites (tertiary alicyclic amines) is 1. The number of piperidine rings is 1. The van der Waals surface area contributed by atoms with Crippen LogP contribution in [0.1, 0.15) is 53.4 Å². The van der Waals surface area contributed by atoms with Gasteiger partial charge in [0, 0.05) is 32.8 Å². The number of ether oxygens (including phenoxy) is 2. The zero-order valence-electron chi connectivity index (χ0n) is 16.2. The maximum Gasteiger partial charge on any atom is 0.410 e. The molecular formula is C18H37N3O3. The van der Waals surface area contributed by atoms with Crippen molar-refractivity contribution in [2.24, 2.45) is 11.1 Å². The lowest BCUT2D eigenvalue weighted by Gasteiger charge is -2.41. The van der Waals surface area contributed by atoms with E-state index in [1.165, 1.54) is 0 Å². The third-order valence-corrected chi connectivity index (χ3v) is 4.37. The van der Waals surface area contributed by atoms with Crippen LogP contribution in [0, 0.1) is 5.41 Å². The minimum absolute atomic E-state index is 0.0594. The number of rotatable bonds is 8. The van der Waals surface area contributed by atoms with Crippen LogP contribution in [0.15, 0.2) is 0 Å². The van der Waals surface area contributed by atoms with Gasteiger partial charge in [-0.25, -0.2) is 4.79 Å². The number of nitrogens with two attached hydrogens (primary N) is 1. The summed E-state index contributed by atoms with van der Waals surface area (Å²) in [5, 5.41) is 3.61. The van der Waals surface area contributed by atoms with Gasteiger partial charge in [0.15, 0.2) is 0 Å². The lowest BCUT2D eigenvalue weighted by atomic mass is 9.81. The molecule has 6 heteroatoms. The summed E-state index contributed by atoms with van der Waals surface area (Å²) in [4.78, 5) is 14.2. The van der Waals surface area contributed by atoms with Crippen molar-refractivity contribution >= 4 is 6.09 Å². The molecule has 6 nitrogen and oxygen atoms in total. The number of carbonyl (C=O) groups excluding carboxylic acids is 1. The summed E-state index contributed by atoms with van der Waals surface area (Å²) in [6, 6.07) is 0.312. The van der Waals surface area contributed by atoms with Crippen molar-refractivity contribution in [1.29, 1.82) is 0 Å². The van der Waals surface area contributed by atoms with E-state index in [-0.39, 0.29) is 11.5 Å². The fraction of sp³-hybridized carbons (Fsp3) is 0.944. The van der Waals surface area contributed by atoms with Crippen molar-refractivity contribution < 1.29 is 14.3 Å². The molecule has 0 aliphatic carbocycles. The lowest BCUT2D eigenvalue weighted by Crippen LogP contribution is -2.51. The van der Waals surface area contributed by atoms with E-state index in [0.29, 0.717) is 19.2 Å². The second-order valence-corrected chi connectivity index (χ2v) is 8.28. The Morgan fingerprint density at radius 3 is 2.71 bits per heavy atom. The fourth-order valence-corrected chi connectivity index (χ4v) is 3.14. The number of methoxy groups -OCH3 is 1. The molecule has 0 bridgehead atoms. The molecule has 2 atom stereocenters. The van der Waals surface area contributed by atoms with Crippen molar-refractivity contribution in [1.82, 2.24) is 10.2 Å². The molecule has 1 aliphatic rings. The van der Waals surface area contributed by atoms with E-state index >= 15 is 0 Å². The standard InChI is InChI=1S/C18H37N3O3/c1-17(2,3)24-16(22)21-11-7-9-18(4,14-21)13-20-15(12-23-5)8-6-10-19/h15,20H,6-14,19H2,1-5H3. The van der Waals surface area contributed by atoms with E-state index < -0.39 is 5.60 Å². The highest BCUT2D eigenvalue weighted by atomic mass is 16.6. The molecule has 3 N–H and O–H groups in total. The first-order valence-corrected chi connectivity index (χ1v) is 9.09. The van der Waals surface area contributed by atoms with Gasteiger partial charge in [-0.15, -0.1) is 0 Å². The molecule has 1 fully saturated rings. The van der Waals surface area contributed by atoms with Crippen molar-refractivity contribution in [2.45, 2.75) is 65.0 Å². The summed E-state index contributed by atoms with van der Waals surface area (Å²) >= 11 is 0. The predicted octanol–water partition coefficient (Wildman–Crippen LogP) is 2.37. The first-order valence-electron chi connectivity index (χ1n) is 9.09. The normalized spacial score (nSPS) is 23.2. The second-order valence-electron chi connectivity index (χ2n) is 8.28. The maximum absolute atomic E-state index is 12.3. The molecule has 1 aliphatic heterocycles. The Labute approximate surface area is 147 Å². The van der Waals surface area contributed by atoms with E-state index in [1.807, 2.05) is 25.7 Å². The van der Waals surface area contributed by atoms with Crippen LogP contribution in [0.4, 0.5) is 4.79 Å². The Balaban J connectivity index is 2.54. The molecule has 1 saturated heterocycles. The summed E-state index contributed by atoms with van der Waals surface area (Å²) in [5.74, 6) is 0. The van der Waals surface area contributed by atoms with Gasteiger partial charge in [0.25, 0.3) is 0 Å². The summed E-state index contributed by atoms with van der Waals surface area (Å²) in [6.45, 7) is 11.7. The number of hydrogen-bond acceptors (Lipinski definition) is 5. The molecular weight excluding hydrogens is 306 g/mol. The maximum atomic E-state index is 12.3. The summed E-state index contributed by atoms with van der Waals surface area (Å²) < 4.78 is 10.8. The molecule has 0 aromatic rings. The highest BCUT2D eigenvalue weighted by Gasteiger charge is 2.35. The molecule has 24 heavy (non-hydrogen) atoms. The average molecular weight is 344 g/mol. The van der Waals surface area contributed by atoms with Gasteiger partial charge in [0.05, 0.1) is 6.61 Å². The van der Waals surface area contributed by atoms with Crippen molar-refractivity contribution in [3.05, 3.63) is 0 Å². The molecule has 0 spiro atoms. The summed E-state index contributed by atoms with van der Waals surface area (Å²) in [5.41, 5.74) is 5.22. The van der Waals surface area contributed by atoms with Crippen LogP contribution >= 0.6 is 0 Å². The first-order chi connectivity index (χ1) is 11.2.